The van der Waals surface area contributed by atoms with Gasteiger partial charge < -0.3 is 4.89 Å². The maximum absolute atomic E-state index is 13.4. The van der Waals surface area contributed by atoms with Gasteiger partial charge in [-0.05, 0) is 18.3 Å². The van der Waals surface area contributed by atoms with Crippen molar-refractivity contribution in [3.8, 4) is 0 Å². The van der Waals surface area contributed by atoms with E-state index in [-0.39, 0.29) is 13.1 Å². The summed E-state index contributed by atoms with van der Waals surface area (Å²) in [6.07, 6.45) is -10.9. The molecule has 2 unspecified atom stereocenters. The summed E-state index contributed by atoms with van der Waals surface area (Å²) >= 11 is 0. The van der Waals surface area contributed by atoms with E-state index in [1.54, 1.807) is 0 Å². The lowest BCUT2D eigenvalue weighted by Gasteiger charge is -2.41. The molecule has 1 aliphatic carbocycles. The van der Waals surface area contributed by atoms with Crippen LogP contribution < -0.4 is 0 Å². The van der Waals surface area contributed by atoms with Crippen molar-refractivity contribution < 1.29 is 40.3 Å². The van der Waals surface area contributed by atoms with Crippen LogP contribution in [0, 0.1) is 10.8 Å². The molecule has 0 aromatic rings. The second-order valence-electron chi connectivity index (χ2n) is 7.75. The van der Waals surface area contributed by atoms with Gasteiger partial charge in [-0.1, -0.05) is 27.2 Å². The Balaban J connectivity index is 2.47. The first-order valence-corrected chi connectivity index (χ1v) is 9.47. The highest BCUT2D eigenvalue weighted by Crippen LogP contribution is 2.81. The molecule has 2 aliphatic rings. The maximum Gasteiger partial charge on any atom is 0.406 e. The van der Waals surface area contributed by atoms with Gasteiger partial charge in [-0.2, -0.15) is 26.3 Å². The van der Waals surface area contributed by atoms with Gasteiger partial charge in [0.1, 0.15) is 5.60 Å². The smallest absolute Gasteiger partial charge is 0.312 e. The fourth-order valence-corrected chi connectivity index (χ4v) is 5.50. The Labute approximate surface area is 142 Å². The number of alkyl halides is 6. The number of piperidine rings is 1. The van der Waals surface area contributed by atoms with Crippen LogP contribution in [0.1, 0.15) is 46.5 Å². The summed E-state index contributed by atoms with van der Waals surface area (Å²) in [5, 5.41) is 0. The molecule has 0 radical (unpaired) electrons. The topological polar surface area (TPSA) is 49.8 Å². The summed E-state index contributed by atoms with van der Waals surface area (Å²) in [7, 11) is -4.81. The molecule has 2 fully saturated rings. The Hall–Kier alpha value is -0.310. The van der Waals surface area contributed by atoms with Crippen LogP contribution in [-0.2, 0) is 9.09 Å². The van der Waals surface area contributed by atoms with Gasteiger partial charge in [0.25, 0.3) is 0 Å². The number of hydrogen-bond acceptors (Lipinski definition) is 2. The normalized spacial score (nSPS) is 30.8. The molecular weight excluding hydrogens is 375 g/mol. The second kappa shape index (κ2) is 5.84. The standard InChI is InChI=1S/C14H22F6NO3P/c1-10(2,3)12(9-11(12,13(15,16)17)14(18,19)20)24-25(22,23)21-7-5-4-6-8-21/h4-9H2,1-3H3,(H,22,23). The van der Waals surface area contributed by atoms with Crippen LogP contribution in [0.2, 0.25) is 0 Å². The van der Waals surface area contributed by atoms with Crippen LogP contribution >= 0.6 is 7.75 Å². The van der Waals surface area contributed by atoms with E-state index >= 15 is 0 Å². The number of halogens is 6. The molecule has 1 N–H and O–H groups in total. The molecule has 1 aliphatic heterocycles. The van der Waals surface area contributed by atoms with E-state index in [4.69, 9.17) is 4.52 Å². The molecule has 11 heteroatoms. The van der Waals surface area contributed by atoms with E-state index in [1.807, 2.05) is 0 Å². The molecule has 0 aromatic carbocycles. The fourth-order valence-electron chi connectivity index (χ4n) is 3.69. The molecule has 0 bridgehead atoms. The highest BCUT2D eigenvalue weighted by Gasteiger charge is 2.95. The van der Waals surface area contributed by atoms with Crippen LogP contribution in [0.4, 0.5) is 26.3 Å². The minimum absolute atomic E-state index is 0.0963. The lowest BCUT2D eigenvalue weighted by molar-refractivity contribution is -0.322. The molecule has 2 atom stereocenters. The van der Waals surface area contributed by atoms with Crippen LogP contribution in [0.15, 0.2) is 0 Å². The van der Waals surface area contributed by atoms with Gasteiger partial charge in [0, 0.05) is 19.5 Å². The second-order valence-corrected chi connectivity index (χ2v) is 9.48. The lowest BCUT2D eigenvalue weighted by atomic mass is 9.80. The molecule has 1 saturated carbocycles. The molecular formula is C14H22F6NO3P. The minimum Gasteiger partial charge on any atom is -0.312 e. The van der Waals surface area contributed by atoms with Crippen molar-refractivity contribution >= 4 is 7.75 Å². The van der Waals surface area contributed by atoms with Crippen LogP contribution in [-0.4, -0.2) is 40.6 Å². The Morgan fingerprint density at radius 1 is 0.960 bits per heavy atom. The quantitative estimate of drug-likeness (QED) is 0.544. The van der Waals surface area contributed by atoms with Crippen molar-refractivity contribution in [2.45, 2.75) is 64.4 Å². The van der Waals surface area contributed by atoms with E-state index in [0.717, 1.165) is 31.9 Å². The van der Waals surface area contributed by atoms with Gasteiger partial charge in [0.15, 0.2) is 5.41 Å². The fraction of sp³-hybridized carbons (Fsp3) is 1.00. The van der Waals surface area contributed by atoms with Crippen molar-refractivity contribution in [3.63, 3.8) is 0 Å². The molecule has 1 heterocycles. The Morgan fingerprint density at radius 3 is 1.72 bits per heavy atom. The molecule has 2 rings (SSSR count). The first-order valence-electron chi connectivity index (χ1n) is 7.94. The van der Waals surface area contributed by atoms with E-state index in [2.05, 4.69) is 0 Å². The third-order valence-corrected chi connectivity index (χ3v) is 6.89. The van der Waals surface area contributed by atoms with Gasteiger partial charge >= 0.3 is 20.1 Å². The number of rotatable bonds is 3. The number of nitrogens with zero attached hydrogens (tertiary/aromatic N) is 1. The Kier molecular flexibility index (Phi) is 4.91. The molecule has 4 nitrogen and oxygen atoms in total. The summed E-state index contributed by atoms with van der Waals surface area (Å²) < 4.78 is 99.1. The molecule has 0 aromatic heterocycles. The van der Waals surface area contributed by atoms with Gasteiger partial charge in [0.05, 0.1) is 0 Å². The minimum atomic E-state index is -5.65. The van der Waals surface area contributed by atoms with Crippen molar-refractivity contribution in [1.29, 1.82) is 0 Å². The van der Waals surface area contributed by atoms with Gasteiger partial charge in [-0.3, -0.25) is 4.52 Å². The van der Waals surface area contributed by atoms with E-state index in [0.29, 0.717) is 12.8 Å². The molecule has 0 amide bonds. The first-order chi connectivity index (χ1) is 11.0. The van der Waals surface area contributed by atoms with Gasteiger partial charge in [0.2, 0.25) is 0 Å². The molecule has 1 saturated heterocycles. The summed E-state index contributed by atoms with van der Waals surface area (Å²) in [5.41, 5.74) is -8.66. The van der Waals surface area contributed by atoms with Crippen molar-refractivity contribution in [3.05, 3.63) is 0 Å². The van der Waals surface area contributed by atoms with Crippen LogP contribution in [0.25, 0.3) is 0 Å². The van der Waals surface area contributed by atoms with Gasteiger partial charge in [-0.25, -0.2) is 9.24 Å². The summed E-state index contributed by atoms with van der Waals surface area (Å²) in [4.78, 5) is 10.2. The van der Waals surface area contributed by atoms with Crippen molar-refractivity contribution in [2.24, 2.45) is 10.8 Å². The predicted octanol–water partition coefficient (Wildman–Crippen LogP) is 4.89. The highest BCUT2D eigenvalue weighted by molar-refractivity contribution is 7.50. The van der Waals surface area contributed by atoms with E-state index < -0.39 is 43.0 Å². The SMILES string of the molecule is CC(C)(C)C1(OP(=O)(O)N2CCCCC2)CC1(C(F)(F)F)C(F)(F)F. The molecule has 148 valence electrons. The predicted molar refractivity (Wildman–Crippen MR) is 77.7 cm³/mol. The van der Waals surface area contributed by atoms with Crippen LogP contribution in [0.5, 0.6) is 0 Å². The zero-order valence-corrected chi connectivity index (χ0v) is 15.1. The average Bonchev–Trinajstić information content (AvgIpc) is 3.10. The Morgan fingerprint density at radius 2 is 1.40 bits per heavy atom. The highest BCUT2D eigenvalue weighted by atomic mass is 31.2. The third-order valence-electron chi connectivity index (χ3n) is 5.22. The van der Waals surface area contributed by atoms with Gasteiger partial charge in [-0.15, -0.1) is 0 Å². The largest absolute Gasteiger partial charge is 0.406 e. The number of hydrogen-bond donors (Lipinski definition) is 1. The van der Waals surface area contributed by atoms with E-state index in [9.17, 15) is 35.8 Å². The third kappa shape index (κ3) is 3.13. The summed E-state index contributed by atoms with van der Waals surface area (Å²) in [6.45, 7) is 3.66. The average molecular weight is 397 g/mol. The Bertz CT molecular complexity index is 550. The summed E-state index contributed by atoms with van der Waals surface area (Å²) in [5.74, 6) is 0. The van der Waals surface area contributed by atoms with E-state index in [1.165, 1.54) is 0 Å². The van der Waals surface area contributed by atoms with Crippen molar-refractivity contribution in [2.75, 3.05) is 13.1 Å². The zero-order valence-electron chi connectivity index (χ0n) is 14.2. The monoisotopic (exact) mass is 397 g/mol. The summed E-state index contributed by atoms with van der Waals surface area (Å²) in [6, 6.07) is 0. The zero-order chi connectivity index (χ0) is 19.5. The molecule has 0 spiro atoms. The molecule has 25 heavy (non-hydrogen) atoms. The maximum atomic E-state index is 13.4. The first kappa shape index (κ1) is 21.0. The lowest BCUT2D eigenvalue weighted by Crippen LogP contribution is -2.51. The van der Waals surface area contributed by atoms with Crippen molar-refractivity contribution in [1.82, 2.24) is 4.67 Å². The van der Waals surface area contributed by atoms with Crippen LogP contribution in [0.3, 0.4) is 0 Å².